The summed E-state index contributed by atoms with van der Waals surface area (Å²) in [5, 5.41) is 34.8. The lowest BCUT2D eigenvalue weighted by atomic mass is 10.0. The summed E-state index contributed by atoms with van der Waals surface area (Å²) in [6.45, 7) is -1.16. The van der Waals surface area contributed by atoms with E-state index in [2.05, 4.69) is 16.0 Å². The van der Waals surface area contributed by atoms with Gasteiger partial charge in [0.05, 0.1) is 19.8 Å². The van der Waals surface area contributed by atoms with Crippen molar-refractivity contribution < 1.29 is 39.3 Å². The fourth-order valence-electron chi connectivity index (χ4n) is 3.66. The number of hydrogen-bond acceptors (Lipinski definition) is 8. The van der Waals surface area contributed by atoms with Crippen LogP contribution < -0.4 is 21.7 Å². The highest BCUT2D eigenvalue weighted by Crippen LogP contribution is 2.18. The summed E-state index contributed by atoms with van der Waals surface area (Å²) in [5.74, 6) is -3.32. The second-order valence-electron chi connectivity index (χ2n) is 8.07. The number of phenolic OH excluding ortho intramolecular Hbond substituents is 1. The Hall–Kier alpha value is -3.71. The number of nitrogens with two attached hydrogens (primary N) is 1. The van der Waals surface area contributed by atoms with Gasteiger partial charge in [-0.3, -0.25) is 24.0 Å². The Morgan fingerprint density at radius 2 is 1.74 bits per heavy atom. The van der Waals surface area contributed by atoms with Crippen molar-refractivity contribution in [3.63, 3.8) is 0 Å². The molecule has 1 saturated heterocycles. The van der Waals surface area contributed by atoms with Crippen LogP contribution in [0.5, 0.6) is 5.75 Å². The van der Waals surface area contributed by atoms with Gasteiger partial charge in [0.2, 0.25) is 29.5 Å². The lowest BCUT2D eigenvalue weighted by molar-refractivity contribution is -0.139. The van der Waals surface area contributed by atoms with Crippen molar-refractivity contribution in [3.05, 3.63) is 29.8 Å². The van der Waals surface area contributed by atoms with Crippen LogP contribution in [0.4, 0.5) is 0 Å². The molecule has 35 heavy (non-hydrogen) atoms. The Balaban J connectivity index is 2.02. The van der Waals surface area contributed by atoms with E-state index in [4.69, 9.17) is 10.8 Å². The predicted octanol–water partition coefficient (Wildman–Crippen LogP) is -3.13. The molecule has 1 aliphatic rings. The lowest BCUT2D eigenvalue weighted by Crippen LogP contribution is -2.56. The number of phenols is 1. The summed E-state index contributed by atoms with van der Waals surface area (Å²) in [5.41, 5.74) is 5.72. The molecule has 8 N–H and O–H groups in total. The first-order valence-corrected chi connectivity index (χ1v) is 11.1. The van der Waals surface area contributed by atoms with E-state index >= 15 is 0 Å². The highest BCUT2D eigenvalue weighted by Gasteiger charge is 2.34. The number of nitrogens with zero attached hydrogens (tertiary/aromatic N) is 1. The molecular formula is C22H31N5O8. The van der Waals surface area contributed by atoms with E-state index in [-0.39, 0.29) is 31.1 Å². The summed E-state index contributed by atoms with van der Waals surface area (Å²) < 4.78 is 0. The highest BCUT2D eigenvalue weighted by molar-refractivity contribution is 5.94. The van der Waals surface area contributed by atoms with Gasteiger partial charge < -0.3 is 41.9 Å². The highest BCUT2D eigenvalue weighted by atomic mass is 16.3. The van der Waals surface area contributed by atoms with E-state index < -0.39 is 54.9 Å². The molecule has 192 valence electrons. The fourth-order valence-corrected chi connectivity index (χ4v) is 3.66. The minimum Gasteiger partial charge on any atom is -0.508 e. The SMILES string of the molecule is NC(=O)[C@H](CO)NC(=O)[C@H](Cc1ccc(O)cc1)NC(=O)CNC(=O)C1CCCN1C(=O)CCO. The van der Waals surface area contributed by atoms with Gasteiger partial charge in [-0.25, -0.2) is 0 Å². The number of nitrogens with one attached hydrogen (secondary N) is 3. The number of benzene rings is 1. The van der Waals surface area contributed by atoms with Gasteiger partial charge in [-0.05, 0) is 30.5 Å². The Morgan fingerprint density at radius 1 is 1.06 bits per heavy atom. The van der Waals surface area contributed by atoms with E-state index in [1.807, 2.05) is 0 Å². The average Bonchev–Trinajstić information content (AvgIpc) is 3.32. The van der Waals surface area contributed by atoms with Crippen LogP contribution in [0.3, 0.4) is 0 Å². The van der Waals surface area contributed by atoms with Crippen LogP contribution >= 0.6 is 0 Å². The van der Waals surface area contributed by atoms with Crippen LogP contribution in [0, 0.1) is 0 Å². The molecule has 1 aromatic rings. The van der Waals surface area contributed by atoms with Gasteiger partial charge >= 0.3 is 0 Å². The summed E-state index contributed by atoms with van der Waals surface area (Å²) in [6, 6.07) is 2.59. The number of carbonyl (C=O) groups excluding carboxylic acids is 5. The molecule has 0 spiro atoms. The molecule has 0 radical (unpaired) electrons. The number of rotatable bonds is 12. The Morgan fingerprint density at radius 3 is 2.34 bits per heavy atom. The standard InChI is InChI=1S/C22H31N5O8/c23-20(33)16(12-29)26-21(34)15(10-13-3-5-14(30)6-4-13)25-18(31)11-24-22(35)17-2-1-8-27(17)19(32)7-9-28/h3-6,15-17,28-30H,1-2,7-12H2,(H2,23,33)(H,24,35)(H,25,31)(H,26,34)/t15-,16-,17?/m0/s1. The van der Waals surface area contributed by atoms with Crippen LogP contribution in [-0.2, 0) is 30.4 Å². The van der Waals surface area contributed by atoms with E-state index in [0.29, 0.717) is 24.9 Å². The van der Waals surface area contributed by atoms with Crippen molar-refractivity contribution >= 4 is 29.5 Å². The second-order valence-corrected chi connectivity index (χ2v) is 8.07. The molecule has 1 heterocycles. The zero-order valence-corrected chi connectivity index (χ0v) is 19.1. The molecule has 1 aromatic carbocycles. The van der Waals surface area contributed by atoms with Crippen molar-refractivity contribution in [1.82, 2.24) is 20.9 Å². The molecular weight excluding hydrogens is 462 g/mol. The molecule has 0 aliphatic carbocycles. The number of amides is 5. The number of hydrogen-bond donors (Lipinski definition) is 7. The zero-order chi connectivity index (χ0) is 26.0. The predicted molar refractivity (Wildman–Crippen MR) is 121 cm³/mol. The quantitative estimate of drug-likeness (QED) is 0.158. The first kappa shape index (κ1) is 27.5. The van der Waals surface area contributed by atoms with Crippen molar-refractivity contribution in [2.45, 2.75) is 43.8 Å². The van der Waals surface area contributed by atoms with Gasteiger partial charge in [0.1, 0.15) is 23.9 Å². The van der Waals surface area contributed by atoms with Crippen LogP contribution in [0.25, 0.3) is 0 Å². The smallest absolute Gasteiger partial charge is 0.243 e. The second kappa shape index (κ2) is 13.2. The van der Waals surface area contributed by atoms with Crippen LogP contribution in [0.15, 0.2) is 24.3 Å². The van der Waals surface area contributed by atoms with Gasteiger partial charge in [-0.1, -0.05) is 12.1 Å². The number of aliphatic hydroxyl groups is 2. The summed E-state index contributed by atoms with van der Waals surface area (Å²) in [4.78, 5) is 62.6. The molecule has 1 fully saturated rings. The third kappa shape index (κ3) is 8.22. The molecule has 1 unspecified atom stereocenters. The number of primary amides is 1. The summed E-state index contributed by atoms with van der Waals surface area (Å²) in [6.07, 6.45) is 0.918. The van der Waals surface area contributed by atoms with Crippen LogP contribution in [0.1, 0.15) is 24.8 Å². The molecule has 5 amide bonds. The topological polar surface area (TPSA) is 211 Å². The first-order chi connectivity index (χ1) is 16.7. The molecule has 3 atom stereocenters. The molecule has 13 heteroatoms. The number of carbonyl (C=O) groups is 5. The number of aliphatic hydroxyl groups excluding tert-OH is 2. The van der Waals surface area contributed by atoms with Crippen LogP contribution in [-0.4, -0.2) is 94.2 Å². The first-order valence-electron chi connectivity index (χ1n) is 11.1. The van der Waals surface area contributed by atoms with Gasteiger partial charge in [-0.15, -0.1) is 0 Å². The maximum absolute atomic E-state index is 12.7. The van der Waals surface area contributed by atoms with Gasteiger partial charge in [-0.2, -0.15) is 0 Å². The van der Waals surface area contributed by atoms with Crippen molar-refractivity contribution in [1.29, 1.82) is 0 Å². The maximum atomic E-state index is 12.7. The monoisotopic (exact) mass is 493 g/mol. The third-order valence-corrected chi connectivity index (χ3v) is 5.50. The summed E-state index contributed by atoms with van der Waals surface area (Å²) in [7, 11) is 0. The zero-order valence-electron chi connectivity index (χ0n) is 19.1. The normalized spacial score (nSPS) is 16.7. The molecule has 0 saturated carbocycles. The van der Waals surface area contributed by atoms with E-state index in [9.17, 15) is 34.2 Å². The van der Waals surface area contributed by atoms with Crippen LogP contribution in [0.2, 0.25) is 0 Å². The average molecular weight is 494 g/mol. The van der Waals surface area contributed by atoms with Crippen molar-refractivity contribution in [2.75, 3.05) is 26.3 Å². The molecule has 1 aliphatic heterocycles. The lowest BCUT2D eigenvalue weighted by Gasteiger charge is -2.24. The largest absolute Gasteiger partial charge is 0.508 e. The molecule has 13 nitrogen and oxygen atoms in total. The molecule has 0 aromatic heterocycles. The Bertz CT molecular complexity index is 923. The molecule has 0 bridgehead atoms. The van der Waals surface area contributed by atoms with E-state index in [0.717, 1.165) is 0 Å². The summed E-state index contributed by atoms with van der Waals surface area (Å²) >= 11 is 0. The van der Waals surface area contributed by atoms with E-state index in [1.54, 1.807) is 12.1 Å². The van der Waals surface area contributed by atoms with Gasteiger partial charge in [0, 0.05) is 19.4 Å². The fraction of sp³-hybridized carbons (Fsp3) is 0.500. The van der Waals surface area contributed by atoms with Gasteiger partial charge in [0.25, 0.3) is 0 Å². The molecule has 2 rings (SSSR count). The maximum Gasteiger partial charge on any atom is 0.243 e. The van der Waals surface area contributed by atoms with Crippen molar-refractivity contribution in [3.8, 4) is 5.75 Å². The Kier molecular flexibility index (Phi) is 10.4. The minimum atomic E-state index is -1.36. The number of likely N-dealkylation sites (tertiary alicyclic amines) is 1. The number of aromatic hydroxyl groups is 1. The van der Waals surface area contributed by atoms with E-state index in [1.165, 1.54) is 17.0 Å². The third-order valence-electron chi connectivity index (χ3n) is 5.50. The Labute approximate surface area is 201 Å². The van der Waals surface area contributed by atoms with Gasteiger partial charge in [0.15, 0.2) is 0 Å². The van der Waals surface area contributed by atoms with Crippen molar-refractivity contribution in [2.24, 2.45) is 5.73 Å². The minimum absolute atomic E-state index is 0.00833.